The van der Waals surface area contributed by atoms with E-state index in [1.807, 2.05) is 54.6 Å². The van der Waals surface area contributed by atoms with Gasteiger partial charge in [-0.25, -0.2) is 4.39 Å². The summed E-state index contributed by atoms with van der Waals surface area (Å²) in [5.41, 5.74) is 2.19. The van der Waals surface area contributed by atoms with E-state index in [2.05, 4.69) is 5.32 Å². The molecule has 6 heteroatoms. The molecule has 0 bridgehead atoms. The molecular weight excluding hydrogens is 436 g/mol. The van der Waals surface area contributed by atoms with Gasteiger partial charge in [0.05, 0.1) is 13.2 Å². The SMILES string of the molecule is Fc1ccc(COC2CNCCC2(OCc2ccccc2)c2ccc(Cl)cc2)c(Cl)c1. The fourth-order valence-corrected chi connectivity index (χ4v) is 4.30. The van der Waals surface area contributed by atoms with E-state index >= 15 is 0 Å². The first-order valence-corrected chi connectivity index (χ1v) is 11.0. The van der Waals surface area contributed by atoms with Crippen LogP contribution in [-0.2, 0) is 28.3 Å². The number of piperidine rings is 1. The first-order chi connectivity index (χ1) is 15.1. The van der Waals surface area contributed by atoms with Crippen LogP contribution >= 0.6 is 23.2 Å². The fraction of sp³-hybridized carbons (Fsp3) is 0.280. The molecule has 3 nitrogen and oxygen atoms in total. The van der Waals surface area contributed by atoms with Gasteiger partial charge in [-0.1, -0.05) is 71.7 Å². The van der Waals surface area contributed by atoms with E-state index < -0.39 is 5.60 Å². The van der Waals surface area contributed by atoms with E-state index in [-0.39, 0.29) is 18.5 Å². The Labute approximate surface area is 192 Å². The van der Waals surface area contributed by atoms with Crippen LogP contribution in [0.5, 0.6) is 0 Å². The second-order valence-corrected chi connectivity index (χ2v) is 8.50. The van der Waals surface area contributed by atoms with E-state index in [4.69, 9.17) is 32.7 Å². The summed E-state index contributed by atoms with van der Waals surface area (Å²) in [6.07, 6.45) is 0.468. The second kappa shape index (κ2) is 10.1. The van der Waals surface area contributed by atoms with Gasteiger partial charge in [-0.3, -0.25) is 0 Å². The maximum Gasteiger partial charge on any atom is 0.124 e. The molecule has 0 radical (unpaired) electrons. The van der Waals surface area contributed by atoms with Crippen molar-refractivity contribution in [2.45, 2.75) is 31.3 Å². The van der Waals surface area contributed by atoms with E-state index in [9.17, 15) is 4.39 Å². The zero-order valence-electron chi connectivity index (χ0n) is 17.0. The highest BCUT2D eigenvalue weighted by Gasteiger charge is 2.44. The van der Waals surface area contributed by atoms with Gasteiger partial charge in [0.1, 0.15) is 17.5 Å². The quantitative estimate of drug-likeness (QED) is 0.461. The van der Waals surface area contributed by atoms with Gasteiger partial charge in [-0.2, -0.15) is 0 Å². The van der Waals surface area contributed by atoms with Crippen molar-refractivity contribution in [1.82, 2.24) is 5.32 Å². The van der Waals surface area contributed by atoms with Gasteiger partial charge in [0, 0.05) is 16.6 Å². The number of rotatable bonds is 7. The molecule has 3 aromatic carbocycles. The Morgan fingerprint density at radius 2 is 1.74 bits per heavy atom. The fourth-order valence-electron chi connectivity index (χ4n) is 3.95. The third kappa shape index (κ3) is 5.28. The Balaban J connectivity index is 1.61. The summed E-state index contributed by atoms with van der Waals surface area (Å²) >= 11 is 12.4. The van der Waals surface area contributed by atoms with Crippen LogP contribution in [0.1, 0.15) is 23.1 Å². The molecule has 1 N–H and O–H groups in total. The van der Waals surface area contributed by atoms with Crippen molar-refractivity contribution in [1.29, 1.82) is 0 Å². The Hall–Kier alpha value is -1.95. The monoisotopic (exact) mass is 459 g/mol. The van der Waals surface area contributed by atoms with Gasteiger partial charge >= 0.3 is 0 Å². The number of hydrogen-bond acceptors (Lipinski definition) is 3. The smallest absolute Gasteiger partial charge is 0.124 e. The minimum Gasteiger partial charge on any atom is -0.369 e. The molecule has 0 aromatic heterocycles. The molecule has 1 aliphatic rings. The highest BCUT2D eigenvalue weighted by Crippen LogP contribution is 2.39. The molecule has 1 saturated heterocycles. The molecular formula is C25H24Cl2FNO2. The molecule has 4 rings (SSSR count). The summed E-state index contributed by atoms with van der Waals surface area (Å²) < 4.78 is 26.4. The van der Waals surface area contributed by atoms with E-state index in [0.717, 1.165) is 29.7 Å². The zero-order chi connectivity index (χ0) is 21.7. The van der Waals surface area contributed by atoms with Crippen molar-refractivity contribution >= 4 is 23.2 Å². The van der Waals surface area contributed by atoms with E-state index in [1.54, 1.807) is 6.07 Å². The van der Waals surface area contributed by atoms with Crippen molar-refractivity contribution in [3.05, 3.63) is 105 Å². The van der Waals surface area contributed by atoms with Crippen LogP contribution in [0.4, 0.5) is 4.39 Å². The number of halogens is 3. The highest BCUT2D eigenvalue weighted by atomic mass is 35.5. The number of benzene rings is 3. The molecule has 0 aliphatic carbocycles. The number of nitrogens with one attached hydrogen (secondary N) is 1. The lowest BCUT2D eigenvalue weighted by Crippen LogP contribution is -2.54. The Morgan fingerprint density at radius 1 is 0.968 bits per heavy atom. The van der Waals surface area contributed by atoms with Crippen molar-refractivity contribution in [2.75, 3.05) is 13.1 Å². The van der Waals surface area contributed by atoms with Crippen LogP contribution in [-0.4, -0.2) is 19.2 Å². The van der Waals surface area contributed by atoms with Gasteiger partial charge in [0.15, 0.2) is 0 Å². The van der Waals surface area contributed by atoms with E-state index in [1.165, 1.54) is 12.1 Å². The van der Waals surface area contributed by atoms with Gasteiger partial charge in [0.25, 0.3) is 0 Å². The number of hydrogen-bond donors (Lipinski definition) is 1. The van der Waals surface area contributed by atoms with Crippen molar-refractivity contribution in [3.8, 4) is 0 Å². The number of ether oxygens (including phenoxy) is 2. The molecule has 0 spiro atoms. The van der Waals surface area contributed by atoms with Crippen LogP contribution < -0.4 is 5.32 Å². The van der Waals surface area contributed by atoms with Gasteiger partial charge < -0.3 is 14.8 Å². The molecule has 0 saturated carbocycles. The Morgan fingerprint density at radius 3 is 2.48 bits per heavy atom. The molecule has 2 unspecified atom stereocenters. The Bertz CT molecular complexity index is 1000. The van der Waals surface area contributed by atoms with Gasteiger partial charge in [-0.05, 0) is 53.9 Å². The van der Waals surface area contributed by atoms with Crippen LogP contribution in [0.3, 0.4) is 0 Å². The molecule has 1 heterocycles. The Kier molecular flexibility index (Phi) is 7.26. The lowest BCUT2D eigenvalue weighted by atomic mass is 9.82. The first-order valence-electron chi connectivity index (χ1n) is 10.3. The molecule has 162 valence electrons. The average Bonchev–Trinajstić information content (AvgIpc) is 2.79. The van der Waals surface area contributed by atoms with Crippen LogP contribution in [0, 0.1) is 5.82 Å². The highest BCUT2D eigenvalue weighted by molar-refractivity contribution is 6.31. The summed E-state index contributed by atoms with van der Waals surface area (Å²) in [5, 5.41) is 4.43. The molecule has 2 atom stereocenters. The lowest BCUT2D eigenvalue weighted by molar-refractivity contribution is -0.176. The topological polar surface area (TPSA) is 30.5 Å². The summed E-state index contributed by atoms with van der Waals surface area (Å²) in [6, 6.07) is 22.2. The molecule has 3 aromatic rings. The van der Waals surface area contributed by atoms with Gasteiger partial charge in [-0.15, -0.1) is 0 Å². The zero-order valence-corrected chi connectivity index (χ0v) is 18.5. The third-order valence-corrected chi connectivity index (χ3v) is 6.25. The normalized spacial score (nSPS) is 21.2. The average molecular weight is 460 g/mol. The maximum atomic E-state index is 13.4. The predicted molar refractivity (Wildman–Crippen MR) is 122 cm³/mol. The second-order valence-electron chi connectivity index (χ2n) is 7.66. The molecule has 0 amide bonds. The lowest BCUT2D eigenvalue weighted by Gasteiger charge is -2.44. The minimum absolute atomic E-state index is 0.259. The molecule has 1 aliphatic heterocycles. The van der Waals surface area contributed by atoms with Crippen molar-refractivity contribution in [3.63, 3.8) is 0 Å². The van der Waals surface area contributed by atoms with Crippen LogP contribution in [0.15, 0.2) is 72.8 Å². The molecule has 1 fully saturated rings. The standard InChI is InChI=1S/C25H24Cl2FNO2/c26-21-9-7-20(8-10-21)25(31-16-18-4-2-1-3-5-18)12-13-29-15-24(25)30-17-19-6-11-22(28)14-23(19)27/h1-11,14,24,29H,12-13,15-17H2. The molecule has 31 heavy (non-hydrogen) atoms. The summed E-state index contributed by atoms with van der Waals surface area (Å²) in [6.45, 7) is 2.14. The van der Waals surface area contributed by atoms with Crippen LogP contribution in [0.2, 0.25) is 10.0 Å². The maximum absolute atomic E-state index is 13.4. The van der Waals surface area contributed by atoms with Crippen molar-refractivity contribution < 1.29 is 13.9 Å². The minimum atomic E-state index is -0.655. The van der Waals surface area contributed by atoms with Crippen molar-refractivity contribution in [2.24, 2.45) is 0 Å². The van der Waals surface area contributed by atoms with Crippen LogP contribution in [0.25, 0.3) is 0 Å². The van der Waals surface area contributed by atoms with Gasteiger partial charge in [0.2, 0.25) is 0 Å². The first kappa shape index (κ1) is 22.3. The third-order valence-electron chi connectivity index (χ3n) is 5.65. The van der Waals surface area contributed by atoms with E-state index in [0.29, 0.717) is 23.2 Å². The predicted octanol–water partition coefficient (Wildman–Crippen LogP) is 6.12. The largest absolute Gasteiger partial charge is 0.369 e. The summed E-state index contributed by atoms with van der Waals surface area (Å²) in [7, 11) is 0. The summed E-state index contributed by atoms with van der Waals surface area (Å²) in [5.74, 6) is -0.366. The summed E-state index contributed by atoms with van der Waals surface area (Å²) in [4.78, 5) is 0.